The summed E-state index contributed by atoms with van der Waals surface area (Å²) in [7, 11) is 1.92. The minimum Gasteiger partial charge on any atom is -0.349 e. The highest BCUT2D eigenvalue weighted by atomic mass is 16.2. The number of hydrogen-bond acceptors (Lipinski definition) is 4. The number of benzene rings is 1. The Kier molecular flexibility index (Phi) is 3.66. The summed E-state index contributed by atoms with van der Waals surface area (Å²) >= 11 is 0. The van der Waals surface area contributed by atoms with Crippen molar-refractivity contribution in [3.63, 3.8) is 0 Å². The number of anilines is 1. The summed E-state index contributed by atoms with van der Waals surface area (Å²) in [5.74, 6) is 2.60. The molecule has 0 saturated carbocycles. The fraction of sp³-hybridized carbons (Fsp3) is 0.364. The van der Waals surface area contributed by atoms with Gasteiger partial charge in [0, 0.05) is 43.5 Å². The van der Waals surface area contributed by atoms with E-state index in [1.54, 1.807) is 0 Å². The van der Waals surface area contributed by atoms with Gasteiger partial charge in [0.05, 0.1) is 6.04 Å². The van der Waals surface area contributed by atoms with Gasteiger partial charge in [-0.25, -0.2) is 4.79 Å². The Hall–Kier alpha value is -2.91. The number of rotatable bonds is 1. The van der Waals surface area contributed by atoms with Crippen molar-refractivity contribution in [3.8, 4) is 11.1 Å². The van der Waals surface area contributed by atoms with Gasteiger partial charge in [-0.1, -0.05) is 6.07 Å². The summed E-state index contributed by atoms with van der Waals surface area (Å²) in [4.78, 5) is 29.4. The number of carbonyl (C=O) groups excluding carboxylic acids is 2. The van der Waals surface area contributed by atoms with E-state index < -0.39 is 0 Å². The lowest BCUT2D eigenvalue weighted by atomic mass is 9.78. The van der Waals surface area contributed by atoms with Crippen LogP contribution in [0.4, 0.5) is 5.69 Å². The van der Waals surface area contributed by atoms with E-state index in [4.69, 9.17) is 0 Å². The first kappa shape index (κ1) is 16.3. The maximum atomic E-state index is 11.9. The van der Waals surface area contributed by atoms with Gasteiger partial charge in [-0.3, -0.25) is 9.78 Å². The maximum absolute atomic E-state index is 11.9. The van der Waals surface area contributed by atoms with Crippen LogP contribution in [0.1, 0.15) is 42.0 Å². The zero-order chi connectivity index (χ0) is 18.5. The van der Waals surface area contributed by atoms with Gasteiger partial charge in [-0.15, -0.1) is 0 Å². The van der Waals surface area contributed by atoms with Crippen molar-refractivity contribution in [3.05, 3.63) is 53.0 Å². The highest BCUT2D eigenvalue weighted by Gasteiger charge is 2.38. The quantitative estimate of drug-likeness (QED) is 0.795. The minimum absolute atomic E-state index is 0.109. The number of allylic oxidation sites excluding steroid dienone is 1. The smallest absolute Gasteiger partial charge is 0.220 e. The van der Waals surface area contributed by atoms with E-state index in [0.29, 0.717) is 18.0 Å². The fourth-order valence-electron chi connectivity index (χ4n) is 4.90. The monoisotopic (exact) mass is 359 g/mol. The van der Waals surface area contributed by atoms with E-state index in [1.807, 2.05) is 24.3 Å². The average molecular weight is 359 g/mol. The molecule has 1 aromatic heterocycles. The third-order valence-electron chi connectivity index (χ3n) is 6.33. The summed E-state index contributed by atoms with van der Waals surface area (Å²) in [6, 6.07) is 6.53. The van der Waals surface area contributed by atoms with Crippen LogP contribution in [0.2, 0.25) is 0 Å². The van der Waals surface area contributed by atoms with E-state index in [-0.39, 0.29) is 11.9 Å². The molecule has 1 amide bonds. The Balaban J connectivity index is 1.57. The molecular formula is C22H21N3O2. The Morgan fingerprint density at radius 1 is 1.22 bits per heavy atom. The van der Waals surface area contributed by atoms with Crippen molar-refractivity contribution in [1.29, 1.82) is 0 Å². The molecule has 3 heterocycles. The first-order valence-corrected chi connectivity index (χ1v) is 9.53. The molecule has 2 unspecified atom stereocenters. The highest BCUT2D eigenvalue weighted by Crippen LogP contribution is 2.43. The number of aryl methyl sites for hydroxylation is 1. The molecule has 0 bridgehead atoms. The Morgan fingerprint density at radius 2 is 2.11 bits per heavy atom. The van der Waals surface area contributed by atoms with Crippen molar-refractivity contribution in [2.75, 3.05) is 11.9 Å². The van der Waals surface area contributed by atoms with Crippen molar-refractivity contribution in [1.82, 2.24) is 10.3 Å². The van der Waals surface area contributed by atoms with Crippen LogP contribution in [0.3, 0.4) is 0 Å². The fourth-order valence-corrected chi connectivity index (χ4v) is 4.90. The van der Waals surface area contributed by atoms with Gasteiger partial charge in [0.1, 0.15) is 11.6 Å². The van der Waals surface area contributed by atoms with E-state index >= 15 is 0 Å². The number of carbonyl (C=O) groups is 1. The van der Waals surface area contributed by atoms with Crippen molar-refractivity contribution in [2.45, 2.75) is 38.1 Å². The van der Waals surface area contributed by atoms with Crippen LogP contribution in [0.5, 0.6) is 0 Å². The standard InChI is InChI=1S/C22H21N3O2/c1-25-16(12-26)5-2-14-8-13(4-7-20(14)25)18-10-23-11-19-17(18)6-3-15-9-21(27)24-22(15)19/h4,7-8,10-11,15,22H,2-3,5-6,9H2,1H3,(H,24,27). The number of fused-ring (bicyclic) bond motifs is 4. The van der Waals surface area contributed by atoms with Gasteiger partial charge in [-0.2, -0.15) is 0 Å². The van der Waals surface area contributed by atoms with Gasteiger partial charge in [-0.05, 0) is 59.6 Å². The second-order valence-corrected chi connectivity index (χ2v) is 7.75. The molecule has 1 fully saturated rings. The number of aromatic nitrogens is 1. The lowest BCUT2D eigenvalue weighted by Gasteiger charge is -2.30. The predicted molar refractivity (Wildman–Crippen MR) is 103 cm³/mol. The van der Waals surface area contributed by atoms with Crippen LogP contribution >= 0.6 is 0 Å². The number of hydrogen-bond donors (Lipinski definition) is 1. The topological polar surface area (TPSA) is 62.3 Å². The van der Waals surface area contributed by atoms with E-state index in [2.05, 4.69) is 34.4 Å². The van der Waals surface area contributed by atoms with Gasteiger partial charge >= 0.3 is 0 Å². The molecule has 1 saturated heterocycles. The average Bonchev–Trinajstić information content (AvgIpc) is 3.08. The van der Waals surface area contributed by atoms with E-state index in [9.17, 15) is 9.59 Å². The molecule has 2 aliphatic heterocycles. The van der Waals surface area contributed by atoms with Gasteiger partial charge in [0.2, 0.25) is 5.91 Å². The zero-order valence-corrected chi connectivity index (χ0v) is 15.3. The molecule has 0 radical (unpaired) electrons. The molecule has 5 rings (SSSR count). The number of nitrogens with zero attached hydrogens (tertiary/aromatic N) is 2. The predicted octanol–water partition coefficient (Wildman–Crippen LogP) is 2.97. The Morgan fingerprint density at radius 3 is 2.96 bits per heavy atom. The summed E-state index contributed by atoms with van der Waals surface area (Å²) in [5, 5.41) is 3.13. The van der Waals surface area contributed by atoms with Gasteiger partial charge in [0.15, 0.2) is 0 Å². The van der Waals surface area contributed by atoms with Crippen LogP contribution in [0.25, 0.3) is 11.1 Å². The SMILES string of the molecule is CN1C(=C=O)CCc2cc(-c3cncc4c3CCC3CC(=O)NC43)ccc21. The molecule has 1 aliphatic carbocycles. The summed E-state index contributed by atoms with van der Waals surface area (Å²) < 4.78 is 0. The molecule has 5 nitrogen and oxygen atoms in total. The number of pyridine rings is 1. The second kappa shape index (κ2) is 6.07. The molecule has 1 aromatic carbocycles. The molecule has 2 atom stereocenters. The molecule has 5 heteroatoms. The minimum atomic E-state index is 0.109. The van der Waals surface area contributed by atoms with Crippen molar-refractivity contribution < 1.29 is 9.59 Å². The molecule has 3 aliphatic rings. The number of amides is 1. The Bertz CT molecular complexity index is 1010. The molecular weight excluding hydrogens is 338 g/mol. The van der Waals surface area contributed by atoms with Crippen LogP contribution in [-0.2, 0) is 22.4 Å². The maximum Gasteiger partial charge on any atom is 0.220 e. The van der Waals surface area contributed by atoms with E-state index in [1.165, 1.54) is 16.7 Å². The van der Waals surface area contributed by atoms with Crippen LogP contribution in [0, 0.1) is 5.92 Å². The number of nitrogens with one attached hydrogen (secondary N) is 1. The van der Waals surface area contributed by atoms with Crippen LogP contribution < -0.4 is 10.2 Å². The highest BCUT2D eigenvalue weighted by molar-refractivity contribution is 5.81. The first-order valence-electron chi connectivity index (χ1n) is 9.53. The first-order chi connectivity index (χ1) is 13.2. The molecule has 1 N–H and O–H groups in total. The summed E-state index contributed by atoms with van der Waals surface area (Å²) in [5.41, 5.74) is 7.83. The molecule has 2 aromatic rings. The van der Waals surface area contributed by atoms with E-state index in [0.717, 1.165) is 42.5 Å². The molecule has 27 heavy (non-hydrogen) atoms. The van der Waals surface area contributed by atoms with Crippen molar-refractivity contribution >= 4 is 17.5 Å². The van der Waals surface area contributed by atoms with Crippen LogP contribution in [0.15, 0.2) is 36.3 Å². The molecule has 0 spiro atoms. The zero-order valence-electron chi connectivity index (χ0n) is 15.3. The largest absolute Gasteiger partial charge is 0.349 e. The second-order valence-electron chi connectivity index (χ2n) is 7.75. The third-order valence-corrected chi connectivity index (χ3v) is 6.33. The van der Waals surface area contributed by atoms with Gasteiger partial charge < -0.3 is 10.2 Å². The molecule has 136 valence electrons. The third kappa shape index (κ3) is 2.50. The summed E-state index contributed by atoms with van der Waals surface area (Å²) in [6.07, 6.45) is 8.09. The van der Waals surface area contributed by atoms with Crippen molar-refractivity contribution in [2.24, 2.45) is 5.92 Å². The lowest BCUT2D eigenvalue weighted by Crippen LogP contribution is -2.26. The Labute approximate surface area is 158 Å². The van der Waals surface area contributed by atoms with Crippen LogP contribution in [-0.4, -0.2) is 23.9 Å². The lowest BCUT2D eigenvalue weighted by molar-refractivity contribution is -0.119. The van der Waals surface area contributed by atoms with Gasteiger partial charge in [0.25, 0.3) is 0 Å². The summed E-state index contributed by atoms with van der Waals surface area (Å²) in [6.45, 7) is 0. The normalized spacial score (nSPS) is 23.2.